The Morgan fingerprint density at radius 2 is 1.87 bits per heavy atom. The first kappa shape index (κ1) is 20.2. The van der Waals surface area contributed by atoms with Crippen LogP contribution in [0.5, 0.6) is 11.5 Å². The highest BCUT2D eigenvalue weighted by Gasteiger charge is 2.46. The van der Waals surface area contributed by atoms with Crippen LogP contribution < -0.4 is 14.8 Å². The second kappa shape index (κ2) is 8.34. The number of halogens is 1. The molecule has 0 bridgehead atoms. The molecule has 1 N–H and O–H groups in total. The van der Waals surface area contributed by atoms with E-state index in [9.17, 15) is 14.0 Å². The third kappa shape index (κ3) is 3.84. The Morgan fingerprint density at radius 3 is 2.63 bits per heavy atom. The third-order valence-electron chi connectivity index (χ3n) is 5.85. The van der Waals surface area contributed by atoms with Gasteiger partial charge in [0.05, 0.1) is 11.5 Å². The smallest absolute Gasteiger partial charge is 0.317 e. The van der Waals surface area contributed by atoms with E-state index in [4.69, 9.17) is 14.2 Å². The maximum Gasteiger partial charge on any atom is 0.317 e. The Kier molecular flexibility index (Phi) is 5.61. The summed E-state index contributed by atoms with van der Waals surface area (Å²) in [5.74, 6) is -0.0855. The summed E-state index contributed by atoms with van der Waals surface area (Å²) in [7, 11) is 0. The maximum atomic E-state index is 14.4. The van der Waals surface area contributed by atoms with Crippen LogP contribution in [0.2, 0.25) is 0 Å². The summed E-state index contributed by atoms with van der Waals surface area (Å²) in [5.41, 5.74) is 0.174. The van der Waals surface area contributed by atoms with Crippen LogP contribution in [0.3, 0.4) is 0 Å². The van der Waals surface area contributed by atoms with E-state index in [1.165, 1.54) is 6.07 Å². The first-order valence-corrected chi connectivity index (χ1v) is 10.1. The van der Waals surface area contributed by atoms with E-state index in [1.54, 1.807) is 24.3 Å². The van der Waals surface area contributed by atoms with E-state index < -0.39 is 29.7 Å². The fourth-order valence-electron chi connectivity index (χ4n) is 4.23. The van der Waals surface area contributed by atoms with E-state index in [0.29, 0.717) is 29.9 Å². The fraction of sp³-hybridized carbons (Fsp3) is 0.391. The quantitative estimate of drug-likeness (QED) is 0.730. The van der Waals surface area contributed by atoms with Crippen molar-refractivity contribution >= 4 is 11.9 Å². The highest BCUT2D eigenvalue weighted by atomic mass is 19.1. The van der Waals surface area contributed by atoms with Gasteiger partial charge in [-0.2, -0.15) is 0 Å². The van der Waals surface area contributed by atoms with Crippen LogP contribution in [-0.4, -0.2) is 25.3 Å². The van der Waals surface area contributed by atoms with Crippen molar-refractivity contribution in [1.29, 1.82) is 0 Å². The topological polar surface area (TPSA) is 73.9 Å². The van der Waals surface area contributed by atoms with Gasteiger partial charge >= 0.3 is 5.97 Å². The molecule has 2 aliphatic rings. The Labute approximate surface area is 174 Å². The fourth-order valence-corrected chi connectivity index (χ4v) is 4.23. The van der Waals surface area contributed by atoms with Gasteiger partial charge in [0.1, 0.15) is 5.82 Å². The molecule has 7 heteroatoms. The molecule has 1 saturated carbocycles. The zero-order chi connectivity index (χ0) is 21.1. The van der Waals surface area contributed by atoms with Gasteiger partial charge in [-0.15, -0.1) is 0 Å². The molecule has 1 aliphatic carbocycles. The Bertz CT molecular complexity index is 954. The van der Waals surface area contributed by atoms with Gasteiger partial charge in [0.25, 0.3) is 5.91 Å². The van der Waals surface area contributed by atoms with Crippen molar-refractivity contribution in [2.24, 2.45) is 0 Å². The molecule has 0 spiro atoms. The van der Waals surface area contributed by atoms with E-state index in [0.717, 1.165) is 18.4 Å². The second-order valence-corrected chi connectivity index (χ2v) is 7.75. The summed E-state index contributed by atoms with van der Waals surface area (Å²) in [5, 5.41) is 2.81. The lowest BCUT2D eigenvalue weighted by Gasteiger charge is -2.27. The van der Waals surface area contributed by atoms with Crippen molar-refractivity contribution in [1.82, 2.24) is 5.32 Å². The van der Waals surface area contributed by atoms with E-state index in [1.807, 2.05) is 19.1 Å². The second-order valence-electron chi connectivity index (χ2n) is 7.75. The van der Waals surface area contributed by atoms with Crippen molar-refractivity contribution in [3.63, 3.8) is 0 Å². The van der Waals surface area contributed by atoms with Gasteiger partial charge in [0.2, 0.25) is 6.79 Å². The van der Waals surface area contributed by atoms with Crippen molar-refractivity contribution in [2.45, 2.75) is 44.1 Å². The van der Waals surface area contributed by atoms with Gasteiger partial charge < -0.3 is 19.5 Å². The molecule has 0 unspecified atom stereocenters. The molecule has 2 aromatic rings. The molecule has 0 saturated heterocycles. The van der Waals surface area contributed by atoms with Crippen molar-refractivity contribution in [3.8, 4) is 11.5 Å². The maximum absolute atomic E-state index is 14.4. The molecule has 30 heavy (non-hydrogen) atoms. The van der Waals surface area contributed by atoms with E-state index in [2.05, 4.69) is 5.32 Å². The average molecular weight is 413 g/mol. The molecule has 2 aromatic carbocycles. The highest BCUT2D eigenvalue weighted by Crippen LogP contribution is 2.43. The Hall–Kier alpha value is -3.09. The zero-order valence-electron chi connectivity index (χ0n) is 16.8. The van der Waals surface area contributed by atoms with E-state index >= 15 is 0 Å². The number of esters is 1. The first-order chi connectivity index (χ1) is 14.5. The molecule has 1 amide bonds. The van der Waals surface area contributed by atoms with Crippen LogP contribution in [0.4, 0.5) is 4.39 Å². The van der Waals surface area contributed by atoms with Crippen LogP contribution in [0.25, 0.3) is 0 Å². The van der Waals surface area contributed by atoms with Gasteiger partial charge in [-0.25, -0.2) is 4.39 Å². The molecule has 6 nitrogen and oxygen atoms in total. The van der Waals surface area contributed by atoms with Gasteiger partial charge in [0.15, 0.2) is 18.1 Å². The minimum atomic E-state index is -1.02. The number of carbonyl (C=O) groups is 2. The van der Waals surface area contributed by atoms with Crippen LogP contribution in [0.15, 0.2) is 42.5 Å². The summed E-state index contributed by atoms with van der Waals surface area (Å²) in [4.78, 5) is 25.3. The molecule has 0 radical (unpaired) electrons. The molecule has 0 aromatic heterocycles. The van der Waals surface area contributed by atoms with E-state index in [-0.39, 0.29) is 12.8 Å². The zero-order valence-corrected chi connectivity index (χ0v) is 16.8. The van der Waals surface area contributed by atoms with Gasteiger partial charge in [-0.3, -0.25) is 9.59 Å². The predicted octanol–water partition coefficient (Wildman–Crippen LogP) is 3.79. The summed E-state index contributed by atoms with van der Waals surface area (Å²) >= 11 is 0. The number of rotatable bonds is 6. The van der Waals surface area contributed by atoms with Gasteiger partial charge in [-0.05, 0) is 43.5 Å². The number of hydrogen-bond acceptors (Lipinski definition) is 5. The molecule has 1 aliphatic heterocycles. The minimum Gasteiger partial charge on any atom is -0.455 e. The number of carbonyl (C=O) groups excluding carboxylic acids is 2. The van der Waals surface area contributed by atoms with Gasteiger partial charge in [-0.1, -0.05) is 37.1 Å². The number of nitrogens with one attached hydrogen (secondary N) is 1. The number of benzene rings is 2. The minimum absolute atomic E-state index is 0.180. The number of hydrogen-bond donors (Lipinski definition) is 1. The predicted molar refractivity (Wildman–Crippen MR) is 107 cm³/mol. The largest absolute Gasteiger partial charge is 0.455 e. The Morgan fingerprint density at radius 1 is 1.13 bits per heavy atom. The molecular formula is C23H24FNO5. The molecule has 1 heterocycles. The normalized spacial score (nSPS) is 17.4. The average Bonchev–Trinajstić information content (AvgIpc) is 3.42. The standard InChI is InChI=1S/C23H24FNO5/c1-15(16-8-9-19-20(12-16)30-14-29-19)25-21(26)13-28-22(27)23(10-4-5-11-23)17-6-2-3-7-18(17)24/h2-3,6-9,12,15H,4-5,10-11,13-14H2,1H3,(H,25,26)/t15-/m0/s1. The first-order valence-electron chi connectivity index (χ1n) is 10.1. The van der Waals surface area contributed by atoms with Crippen LogP contribution in [0, 0.1) is 5.82 Å². The lowest BCUT2D eigenvalue weighted by molar-refractivity contribution is -0.154. The summed E-state index contributed by atoms with van der Waals surface area (Å²) in [6, 6.07) is 11.4. The van der Waals surface area contributed by atoms with Crippen LogP contribution in [0.1, 0.15) is 49.8 Å². The molecule has 1 fully saturated rings. The summed E-state index contributed by atoms with van der Waals surface area (Å²) in [6.45, 7) is 1.60. The number of amides is 1. The highest BCUT2D eigenvalue weighted by molar-refractivity contribution is 5.87. The number of fused-ring (bicyclic) bond motifs is 1. The molecular weight excluding hydrogens is 389 g/mol. The molecule has 4 rings (SSSR count). The molecule has 1 atom stereocenters. The Balaban J connectivity index is 1.38. The monoisotopic (exact) mass is 413 g/mol. The van der Waals surface area contributed by atoms with Crippen LogP contribution >= 0.6 is 0 Å². The lowest BCUT2D eigenvalue weighted by Crippen LogP contribution is -2.38. The SMILES string of the molecule is C[C@H](NC(=O)COC(=O)C1(c2ccccc2F)CCCC1)c1ccc2c(c1)OCO2. The van der Waals surface area contributed by atoms with Crippen molar-refractivity contribution in [3.05, 3.63) is 59.4 Å². The summed E-state index contributed by atoms with van der Waals surface area (Å²) in [6.07, 6.45) is 2.66. The van der Waals surface area contributed by atoms with Gasteiger partial charge in [0, 0.05) is 5.56 Å². The lowest BCUT2D eigenvalue weighted by atomic mass is 9.78. The van der Waals surface area contributed by atoms with Crippen LogP contribution in [-0.2, 0) is 19.7 Å². The van der Waals surface area contributed by atoms with Crippen molar-refractivity contribution in [2.75, 3.05) is 13.4 Å². The number of ether oxygens (including phenoxy) is 3. The van der Waals surface area contributed by atoms with Crippen molar-refractivity contribution < 1.29 is 28.2 Å². The summed E-state index contributed by atoms with van der Waals surface area (Å²) < 4.78 is 30.4. The third-order valence-corrected chi connectivity index (χ3v) is 5.85. The molecule has 158 valence electrons.